The van der Waals surface area contributed by atoms with Crippen molar-refractivity contribution in [2.75, 3.05) is 25.1 Å². The Morgan fingerprint density at radius 2 is 2.00 bits per heavy atom. The average molecular weight is 491 g/mol. The highest BCUT2D eigenvalue weighted by Crippen LogP contribution is 2.41. The van der Waals surface area contributed by atoms with E-state index in [0.717, 1.165) is 25.2 Å². The Morgan fingerprint density at radius 3 is 2.75 bits per heavy atom. The molecular weight excluding hydrogens is 463 g/mol. The van der Waals surface area contributed by atoms with Crippen molar-refractivity contribution in [3.05, 3.63) is 81.5 Å². The zero-order valence-corrected chi connectivity index (χ0v) is 19.6. The monoisotopic (exact) mass is 490 g/mol. The summed E-state index contributed by atoms with van der Waals surface area (Å²) < 4.78 is 16.2. The molecule has 2 atom stereocenters. The van der Waals surface area contributed by atoms with Crippen LogP contribution in [0.2, 0.25) is 0 Å². The van der Waals surface area contributed by atoms with Crippen LogP contribution in [0, 0.1) is 5.82 Å². The third-order valence-corrected chi connectivity index (χ3v) is 7.02. The molecule has 0 saturated carbocycles. The molecule has 1 fully saturated rings. The molecule has 1 saturated heterocycles. The van der Waals surface area contributed by atoms with Gasteiger partial charge >= 0.3 is 0 Å². The van der Waals surface area contributed by atoms with Crippen LogP contribution in [0.3, 0.4) is 0 Å². The Hall–Kier alpha value is -3.67. The number of likely N-dealkylation sites (tertiary alicyclic amines) is 1. The van der Waals surface area contributed by atoms with Gasteiger partial charge in [-0.3, -0.25) is 9.69 Å². The van der Waals surface area contributed by atoms with Crippen LogP contribution in [0.15, 0.2) is 47.5 Å². The van der Waals surface area contributed by atoms with Gasteiger partial charge in [0.15, 0.2) is 0 Å². The predicted octanol–water partition coefficient (Wildman–Crippen LogP) is 2.05. The normalized spacial score (nSPS) is 19.6. The number of aliphatic hydroxyl groups excluding tert-OH is 1. The van der Waals surface area contributed by atoms with Gasteiger partial charge in [0.2, 0.25) is 0 Å². The lowest BCUT2D eigenvalue weighted by Crippen LogP contribution is -2.36. The zero-order chi connectivity index (χ0) is 24.6. The topological polar surface area (TPSA) is 124 Å². The maximum absolute atomic E-state index is 14.4. The number of aryl methyl sites for hydroxylation is 1. The molecule has 6 rings (SSSR count). The number of nitrogens with one attached hydrogen (secondary N) is 3. The Labute approximate surface area is 206 Å². The first kappa shape index (κ1) is 22.8. The maximum atomic E-state index is 14.4. The van der Waals surface area contributed by atoms with Crippen LogP contribution in [0.5, 0.6) is 0 Å². The molecule has 4 N–H and O–H groups in total. The van der Waals surface area contributed by atoms with Crippen LogP contribution in [0.1, 0.15) is 47.4 Å². The third kappa shape index (κ3) is 4.04. The Bertz CT molecular complexity index is 1450. The molecule has 2 aliphatic heterocycles. The second kappa shape index (κ2) is 9.41. The van der Waals surface area contributed by atoms with Crippen LogP contribution in [-0.4, -0.2) is 54.7 Å². The molecule has 0 bridgehead atoms. The Morgan fingerprint density at radius 1 is 1.17 bits per heavy atom. The number of benzene rings is 2. The lowest BCUT2D eigenvalue weighted by Gasteiger charge is -2.31. The van der Waals surface area contributed by atoms with E-state index in [0.29, 0.717) is 35.6 Å². The number of aromatic nitrogens is 5. The molecule has 0 radical (unpaired) electrons. The van der Waals surface area contributed by atoms with E-state index in [1.165, 1.54) is 30.4 Å². The summed E-state index contributed by atoms with van der Waals surface area (Å²) in [6.07, 6.45) is 3.24. The smallest absolute Gasteiger partial charge is 0.272 e. The van der Waals surface area contributed by atoms with Crippen LogP contribution in [-0.2, 0) is 13.1 Å². The summed E-state index contributed by atoms with van der Waals surface area (Å²) in [5, 5.41) is 21.5. The molecule has 186 valence electrons. The highest BCUT2D eigenvalue weighted by atomic mass is 19.1. The molecule has 36 heavy (non-hydrogen) atoms. The van der Waals surface area contributed by atoms with Gasteiger partial charge in [0.1, 0.15) is 18.0 Å². The van der Waals surface area contributed by atoms with Crippen LogP contribution >= 0.6 is 0 Å². The molecule has 11 heteroatoms. The van der Waals surface area contributed by atoms with Gasteiger partial charge in [-0.25, -0.2) is 24.6 Å². The number of aliphatic hydroxyl groups is 1. The van der Waals surface area contributed by atoms with E-state index in [-0.39, 0.29) is 18.0 Å². The second-order valence-corrected chi connectivity index (χ2v) is 9.33. The van der Waals surface area contributed by atoms with Crippen molar-refractivity contribution in [2.24, 2.45) is 0 Å². The third-order valence-electron chi connectivity index (χ3n) is 7.02. The first-order chi connectivity index (χ1) is 17.6. The fraction of sp³-hybridized carbons (Fsp3) is 0.360. The van der Waals surface area contributed by atoms with Gasteiger partial charge in [-0.2, -0.15) is 10.2 Å². The first-order valence-corrected chi connectivity index (χ1v) is 12.2. The predicted molar refractivity (Wildman–Crippen MR) is 132 cm³/mol. The van der Waals surface area contributed by atoms with Crippen LogP contribution < -0.4 is 16.4 Å². The van der Waals surface area contributed by atoms with Gasteiger partial charge in [-0.05, 0) is 49.2 Å². The lowest BCUT2D eigenvalue weighted by molar-refractivity contribution is 0.172. The molecule has 2 unspecified atom stereocenters. The van der Waals surface area contributed by atoms with Gasteiger partial charge in [-0.15, -0.1) is 0 Å². The van der Waals surface area contributed by atoms with Crippen molar-refractivity contribution in [1.82, 2.24) is 35.3 Å². The van der Waals surface area contributed by atoms with E-state index < -0.39 is 17.3 Å². The summed E-state index contributed by atoms with van der Waals surface area (Å²) in [5.74, 6) is -0.359. The van der Waals surface area contributed by atoms with Gasteiger partial charge < -0.3 is 10.5 Å². The number of nitrogens with zero attached hydrogens (tertiary/aromatic N) is 5. The van der Waals surface area contributed by atoms with E-state index in [1.807, 2.05) is 0 Å². The van der Waals surface area contributed by atoms with Crippen molar-refractivity contribution in [1.29, 1.82) is 0 Å². The van der Waals surface area contributed by atoms with Crippen molar-refractivity contribution < 1.29 is 9.50 Å². The van der Waals surface area contributed by atoms with Crippen LogP contribution in [0.25, 0.3) is 10.8 Å². The minimum absolute atomic E-state index is 0.0228. The molecular formula is C25H27FN8O2. The minimum atomic E-state index is -0.522. The van der Waals surface area contributed by atoms with E-state index in [9.17, 15) is 14.3 Å². The number of H-pyrrole nitrogens is 1. The number of halogens is 1. The maximum Gasteiger partial charge on any atom is 0.272 e. The van der Waals surface area contributed by atoms with E-state index in [2.05, 4.69) is 60.3 Å². The van der Waals surface area contributed by atoms with Gasteiger partial charge in [0.05, 0.1) is 28.7 Å². The highest BCUT2D eigenvalue weighted by molar-refractivity contribution is 5.96. The van der Waals surface area contributed by atoms with Crippen molar-refractivity contribution in [2.45, 2.75) is 37.9 Å². The highest BCUT2D eigenvalue weighted by Gasteiger charge is 2.36. The number of anilines is 1. The molecule has 2 aromatic carbocycles. The second-order valence-electron chi connectivity index (χ2n) is 9.33. The Balaban J connectivity index is 1.49. The molecule has 10 nitrogen and oxygen atoms in total. The summed E-state index contributed by atoms with van der Waals surface area (Å²) in [6, 6.07) is 10.6. The first-order valence-electron chi connectivity index (χ1n) is 12.2. The summed E-state index contributed by atoms with van der Waals surface area (Å²) in [7, 11) is 0. The van der Waals surface area contributed by atoms with E-state index in [4.69, 9.17) is 0 Å². The van der Waals surface area contributed by atoms with Crippen molar-refractivity contribution >= 4 is 16.5 Å². The summed E-state index contributed by atoms with van der Waals surface area (Å²) in [4.78, 5) is 19.6. The Kier molecular flexibility index (Phi) is 5.96. The summed E-state index contributed by atoms with van der Waals surface area (Å²) in [5.41, 5.74) is 9.22. The number of rotatable bonds is 7. The molecule has 2 aliphatic rings. The summed E-state index contributed by atoms with van der Waals surface area (Å²) >= 11 is 0. The molecule has 0 spiro atoms. The van der Waals surface area contributed by atoms with Gasteiger partial charge in [-0.1, -0.05) is 24.3 Å². The average Bonchev–Trinajstić information content (AvgIpc) is 3.25. The minimum Gasteiger partial charge on any atom is -0.396 e. The summed E-state index contributed by atoms with van der Waals surface area (Å²) in [6.45, 7) is 3.67. The number of hydrogen-bond acceptors (Lipinski definition) is 8. The van der Waals surface area contributed by atoms with Crippen molar-refractivity contribution in [3.8, 4) is 0 Å². The lowest BCUT2D eigenvalue weighted by atomic mass is 9.87. The molecule has 0 aliphatic carbocycles. The number of aromatic amines is 1. The molecule has 2 aromatic heterocycles. The van der Waals surface area contributed by atoms with E-state index in [1.54, 1.807) is 4.68 Å². The quantitative estimate of drug-likeness (QED) is 0.310. The number of hydrogen-bond donors (Lipinski definition) is 4. The molecule has 4 aromatic rings. The van der Waals surface area contributed by atoms with Gasteiger partial charge in [0, 0.05) is 25.1 Å². The SMILES string of the molecule is O=c1[nH]nc2c3c(cc(F)cc13)NNC(c1ccc(CN3CCC3)cc1)C2c1ncnn1CCCO. The van der Waals surface area contributed by atoms with E-state index >= 15 is 0 Å². The fourth-order valence-corrected chi connectivity index (χ4v) is 5.09. The van der Waals surface area contributed by atoms with Gasteiger partial charge in [0.25, 0.3) is 5.56 Å². The fourth-order valence-electron chi connectivity index (χ4n) is 5.09. The standard InChI is InChI=1S/C25H27FN8O2/c26-17-11-18-20-19(12-17)29-30-22(16-5-3-15(4-6-16)13-33-7-1-8-33)21(23(20)31-32-25(18)36)24-27-14-28-34(24)9-2-10-35/h3-6,11-12,14,21-22,29-30,35H,1-2,7-10,13H2,(H,32,36). The largest absolute Gasteiger partial charge is 0.396 e. The number of hydrazine groups is 1. The van der Waals surface area contributed by atoms with Crippen LogP contribution in [0.4, 0.5) is 10.1 Å². The molecule has 0 amide bonds. The molecule has 4 heterocycles. The zero-order valence-electron chi connectivity index (χ0n) is 19.6. The van der Waals surface area contributed by atoms with Crippen molar-refractivity contribution in [3.63, 3.8) is 0 Å².